The minimum Gasteiger partial charge on any atom is -0.444 e. The molecule has 0 amide bonds. The Balaban J connectivity index is 0.00000320. The van der Waals surface area contributed by atoms with Gasteiger partial charge in [-0.15, -0.1) is 24.0 Å². The fourth-order valence-electron chi connectivity index (χ4n) is 3.52. The number of piperidine rings is 1. The van der Waals surface area contributed by atoms with Gasteiger partial charge in [0.1, 0.15) is 11.6 Å². The monoisotopic (exact) mass is 529 g/mol. The number of aliphatic imine (C=N–C) groups is 1. The smallest absolute Gasteiger partial charge is 0.208 e. The lowest BCUT2D eigenvalue weighted by molar-refractivity contribution is 0.164. The summed E-state index contributed by atoms with van der Waals surface area (Å²) in [6.45, 7) is 10.8. The summed E-state index contributed by atoms with van der Waals surface area (Å²) in [6, 6.07) is 6.78. The summed E-state index contributed by atoms with van der Waals surface area (Å²) in [6.07, 6.45) is 2.25. The molecule has 0 aliphatic carbocycles. The standard InChI is InChI=1S/C22H32FN5O.HI/c1-4-24-22(26-14-19-7-5-6-8-20(19)23)25-13-18-9-11-28(12-10-18)15-21-27-16(2)17(3)29-21;/h5-8,18H,4,9-15H2,1-3H3,(H2,24,25,26);1H. The minimum absolute atomic E-state index is 0. The maximum Gasteiger partial charge on any atom is 0.208 e. The number of halogens is 2. The molecule has 0 atom stereocenters. The number of guanidine groups is 1. The van der Waals surface area contributed by atoms with Crippen LogP contribution >= 0.6 is 24.0 Å². The van der Waals surface area contributed by atoms with E-state index >= 15 is 0 Å². The van der Waals surface area contributed by atoms with Crippen LogP contribution in [0.2, 0.25) is 0 Å². The Morgan fingerprint density at radius 1 is 1.23 bits per heavy atom. The van der Waals surface area contributed by atoms with Crippen LogP contribution in [0.25, 0.3) is 0 Å². The number of likely N-dealkylation sites (tertiary alicyclic amines) is 1. The van der Waals surface area contributed by atoms with Crippen LogP contribution in [0.1, 0.15) is 42.7 Å². The molecule has 1 aromatic heterocycles. The minimum atomic E-state index is -0.212. The number of aromatic nitrogens is 1. The van der Waals surface area contributed by atoms with E-state index < -0.39 is 0 Å². The van der Waals surface area contributed by atoms with E-state index in [1.54, 1.807) is 12.1 Å². The number of benzene rings is 1. The lowest BCUT2D eigenvalue weighted by Gasteiger charge is -2.31. The van der Waals surface area contributed by atoms with Gasteiger partial charge < -0.3 is 15.1 Å². The van der Waals surface area contributed by atoms with Crippen molar-refractivity contribution >= 4 is 29.9 Å². The van der Waals surface area contributed by atoms with E-state index in [-0.39, 0.29) is 29.8 Å². The van der Waals surface area contributed by atoms with Gasteiger partial charge in [0.15, 0.2) is 5.96 Å². The van der Waals surface area contributed by atoms with E-state index in [0.29, 0.717) is 18.0 Å². The Kier molecular flexibility index (Phi) is 10.0. The van der Waals surface area contributed by atoms with Crippen molar-refractivity contribution in [3.05, 3.63) is 53.0 Å². The number of hydrogen-bond donors (Lipinski definition) is 2. The van der Waals surface area contributed by atoms with Crippen molar-refractivity contribution < 1.29 is 8.81 Å². The fourth-order valence-corrected chi connectivity index (χ4v) is 3.52. The number of aryl methyl sites for hydroxylation is 2. The third-order valence-corrected chi connectivity index (χ3v) is 5.41. The summed E-state index contributed by atoms with van der Waals surface area (Å²) in [4.78, 5) is 11.4. The lowest BCUT2D eigenvalue weighted by Crippen LogP contribution is -2.42. The van der Waals surface area contributed by atoms with Crippen LogP contribution in [0.15, 0.2) is 33.7 Å². The van der Waals surface area contributed by atoms with E-state index in [1.807, 2.05) is 26.8 Å². The zero-order chi connectivity index (χ0) is 20.6. The van der Waals surface area contributed by atoms with Gasteiger partial charge in [0.2, 0.25) is 5.89 Å². The van der Waals surface area contributed by atoms with Crippen LogP contribution in [0.3, 0.4) is 0 Å². The van der Waals surface area contributed by atoms with Gasteiger partial charge in [-0.3, -0.25) is 4.90 Å². The second-order valence-electron chi connectivity index (χ2n) is 7.64. The molecule has 0 unspecified atom stereocenters. The van der Waals surface area contributed by atoms with Crippen molar-refractivity contribution in [1.29, 1.82) is 0 Å². The molecule has 2 N–H and O–H groups in total. The molecular formula is C22H33FIN5O. The molecule has 1 aliphatic heterocycles. The molecule has 1 aliphatic rings. The molecule has 166 valence electrons. The van der Waals surface area contributed by atoms with Gasteiger partial charge in [-0.05, 0) is 58.7 Å². The number of hydrogen-bond acceptors (Lipinski definition) is 4. The van der Waals surface area contributed by atoms with E-state index in [9.17, 15) is 4.39 Å². The van der Waals surface area contributed by atoms with Crippen molar-refractivity contribution in [1.82, 2.24) is 20.5 Å². The third-order valence-electron chi connectivity index (χ3n) is 5.41. The molecular weight excluding hydrogens is 496 g/mol. The van der Waals surface area contributed by atoms with Crippen LogP contribution in [0.5, 0.6) is 0 Å². The van der Waals surface area contributed by atoms with Crippen LogP contribution in [0.4, 0.5) is 4.39 Å². The first kappa shape index (κ1) is 24.6. The lowest BCUT2D eigenvalue weighted by atomic mass is 9.97. The summed E-state index contributed by atoms with van der Waals surface area (Å²) in [5, 5.41) is 6.67. The summed E-state index contributed by atoms with van der Waals surface area (Å²) in [5.41, 5.74) is 1.58. The van der Waals surface area contributed by atoms with Crippen LogP contribution in [0, 0.1) is 25.6 Å². The van der Waals surface area contributed by atoms with Crippen LogP contribution in [-0.4, -0.2) is 42.0 Å². The van der Waals surface area contributed by atoms with Gasteiger partial charge in [0.25, 0.3) is 0 Å². The molecule has 0 bridgehead atoms. The SMILES string of the molecule is CCNC(=NCc1ccccc1F)NCC1CCN(Cc2nc(C)c(C)o2)CC1.I. The highest BCUT2D eigenvalue weighted by atomic mass is 127. The van der Waals surface area contributed by atoms with Crippen molar-refractivity contribution in [2.45, 2.75) is 46.7 Å². The van der Waals surface area contributed by atoms with E-state index in [2.05, 4.69) is 25.5 Å². The molecule has 1 aromatic carbocycles. The second-order valence-corrected chi connectivity index (χ2v) is 7.64. The second kappa shape index (κ2) is 12.2. The average molecular weight is 529 g/mol. The van der Waals surface area contributed by atoms with Crippen molar-refractivity contribution in [2.24, 2.45) is 10.9 Å². The summed E-state index contributed by atoms with van der Waals surface area (Å²) >= 11 is 0. The molecule has 0 radical (unpaired) electrons. The van der Waals surface area contributed by atoms with Crippen LogP contribution < -0.4 is 10.6 Å². The highest BCUT2D eigenvalue weighted by Gasteiger charge is 2.21. The highest BCUT2D eigenvalue weighted by Crippen LogP contribution is 2.19. The Labute approximate surface area is 195 Å². The molecule has 1 fully saturated rings. The van der Waals surface area contributed by atoms with Gasteiger partial charge in [-0.2, -0.15) is 0 Å². The first-order valence-electron chi connectivity index (χ1n) is 10.5. The van der Waals surface area contributed by atoms with E-state index in [4.69, 9.17) is 4.42 Å². The van der Waals surface area contributed by atoms with Crippen molar-refractivity contribution in [2.75, 3.05) is 26.2 Å². The van der Waals surface area contributed by atoms with Gasteiger partial charge in [-0.25, -0.2) is 14.4 Å². The van der Waals surface area contributed by atoms with Gasteiger partial charge in [0, 0.05) is 18.7 Å². The van der Waals surface area contributed by atoms with Crippen molar-refractivity contribution in [3.8, 4) is 0 Å². The van der Waals surface area contributed by atoms with E-state index in [0.717, 1.165) is 68.9 Å². The third kappa shape index (κ3) is 7.23. The predicted molar refractivity (Wildman–Crippen MR) is 129 cm³/mol. The molecule has 0 spiro atoms. The quantitative estimate of drug-likeness (QED) is 0.323. The molecule has 8 heteroatoms. The van der Waals surface area contributed by atoms with Crippen LogP contribution in [-0.2, 0) is 13.1 Å². The largest absolute Gasteiger partial charge is 0.444 e. The maximum absolute atomic E-state index is 13.8. The Bertz CT molecular complexity index is 798. The molecule has 6 nitrogen and oxygen atoms in total. The number of nitrogens with zero attached hydrogens (tertiary/aromatic N) is 3. The summed E-state index contributed by atoms with van der Waals surface area (Å²) in [5.74, 6) is 2.84. The Morgan fingerprint density at radius 2 is 1.97 bits per heavy atom. The molecule has 1 saturated heterocycles. The number of rotatable bonds is 7. The summed E-state index contributed by atoms with van der Waals surface area (Å²) < 4.78 is 19.5. The number of nitrogens with one attached hydrogen (secondary N) is 2. The normalized spacial score (nSPS) is 15.7. The predicted octanol–water partition coefficient (Wildman–Crippen LogP) is 4.02. The fraction of sp³-hybridized carbons (Fsp3) is 0.545. The molecule has 30 heavy (non-hydrogen) atoms. The zero-order valence-corrected chi connectivity index (χ0v) is 20.4. The number of oxazole rings is 1. The first-order chi connectivity index (χ1) is 14.0. The molecule has 2 aromatic rings. The van der Waals surface area contributed by atoms with Gasteiger partial charge in [0.05, 0.1) is 18.8 Å². The summed E-state index contributed by atoms with van der Waals surface area (Å²) in [7, 11) is 0. The molecule has 2 heterocycles. The van der Waals surface area contributed by atoms with E-state index in [1.165, 1.54) is 6.07 Å². The molecule has 3 rings (SSSR count). The zero-order valence-electron chi connectivity index (χ0n) is 18.1. The first-order valence-corrected chi connectivity index (χ1v) is 10.5. The highest BCUT2D eigenvalue weighted by molar-refractivity contribution is 14.0. The maximum atomic E-state index is 13.8. The average Bonchev–Trinajstić information content (AvgIpc) is 3.03. The Morgan fingerprint density at radius 3 is 2.60 bits per heavy atom. The molecule has 0 saturated carbocycles. The topological polar surface area (TPSA) is 65.7 Å². The van der Waals surface area contributed by atoms with Gasteiger partial charge >= 0.3 is 0 Å². The van der Waals surface area contributed by atoms with Crippen molar-refractivity contribution in [3.63, 3.8) is 0 Å². The Hall–Kier alpha value is -1.68. The van der Waals surface area contributed by atoms with Gasteiger partial charge in [-0.1, -0.05) is 18.2 Å².